The zero-order chi connectivity index (χ0) is 20.5. The number of hydrogen-bond acceptors (Lipinski definition) is 5. The molecule has 0 spiro atoms. The summed E-state index contributed by atoms with van der Waals surface area (Å²) < 4.78 is 5.85. The summed E-state index contributed by atoms with van der Waals surface area (Å²) in [5.41, 5.74) is 1.14. The fourth-order valence-electron chi connectivity index (χ4n) is 3.63. The lowest BCUT2D eigenvalue weighted by atomic mass is 10.0. The maximum Gasteiger partial charge on any atom is 0.337 e. The fourth-order valence-corrected chi connectivity index (χ4v) is 4.22. The highest BCUT2D eigenvalue weighted by Gasteiger charge is 2.34. The lowest BCUT2D eigenvalue weighted by molar-refractivity contribution is -0.136. The normalized spacial score (nSPS) is 14.2. The van der Waals surface area contributed by atoms with Crippen molar-refractivity contribution in [3.05, 3.63) is 64.3 Å². The molecule has 0 unspecified atom stereocenters. The molecule has 4 rings (SSSR count). The third-order valence-corrected chi connectivity index (χ3v) is 5.69. The Morgan fingerprint density at radius 2 is 1.93 bits per heavy atom. The number of aliphatic hydroxyl groups is 1. The maximum atomic E-state index is 12.7. The molecular formula is C22H19BrN2O4. The molecule has 1 aliphatic rings. The Balaban J connectivity index is 1.78. The van der Waals surface area contributed by atoms with E-state index in [1.54, 1.807) is 0 Å². The first-order valence-corrected chi connectivity index (χ1v) is 9.92. The van der Waals surface area contributed by atoms with Crippen molar-refractivity contribution in [3.63, 3.8) is 0 Å². The van der Waals surface area contributed by atoms with E-state index in [0.29, 0.717) is 5.69 Å². The molecule has 0 saturated heterocycles. The Morgan fingerprint density at radius 3 is 2.66 bits per heavy atom. The average molecular weight is 455 g/mol. The minimum atomic E-state index is -0.559. The van der Waals surface area contributed by atoms with Gasteiger partial charge in [0.05, 0.1) is 25.8 Å². The number of fused-ring (bicyclic) bond motifs is 3. The van der Waals surface area contributed by atoms with Gasteiger partial charge in [-0.1, -0.05) is 46.3 Å². The summed E-state index contributed by atoms with van der Waals surface area (Å²) in [7, 11) is 1.28. The molecule has 1 heterocycles. The second kappa shape index (κ2) is 7.85. The summed E-state index contributed by atoms with van der Waals surface area (Å²) in [5, 5.41) is 16.6. The minimum Gasteiger partial charge on any atom is -0.466 e. The number of halogens is 1. The van der Waals surface area contributed by atoms with Gasteiger partial charge in [0.15, 0.2) is 0 Å². The van der Waals surface area contributed by atoms with Crippen LogP contribution in [0.2, 0.25) is 0 Å². The van der Waals surface area contributed by atoms with E-state index in [9.17, 15) is 14.7 Å². The summed E-state index contributed by atoms with van der Waals surface area (Å²) in [4.78, 5) is 26.3. The third-order valence-electron chi connectivity index (χ3n) is 5.03. The summed E-state index contributed by atoms with van der Waals surface area (Å²) in [6.45, 7) is 0.0864. The number of nitrogens with one attached hydrogen (secondary N) is 1. The standard InChI is InChI=1S/C22H19BrN2O4/c1-29-22(28)18-12-25(8-9-26)21(27)20(18)24-14-7-6-13-10-19(23)16-5-3-2-4-15(16)17(13)11-14/h2-7,10-11,24,26H,8-9,12H2,1H3. The second-order valence-electron chi connectivity index (χ2n) is 6.76. The number of amides is 1. The van der Waals surface area contributed by atoms with Gasteiger partial charge in [0.2, 0.25) is 0 Å². The molecule has 0 atom stereocenters. The van der Waals surface area contributed by atoms with Gasteiger partial charge in [0.25, 0.3) is 5.91 Å². The topological polar surface area (TPSA) is 78.9 Å². The number of ether oxygens (including phenoxy) is 1. The molecule has 0 bridgehead atoms. The van der Waals surface area contributed by atoms with Crippen LogP contribution >= 0.6 is 15.9 Å². The zero-order valence-corrected chi connectivity index (χ0v) is 17.3. The van der Waals surface area contributed by atoms with Crippen LogP contribution < -0.4 is 5.32 Å². The minimum absolute atomic E-state index is 0.109. The third kappa shape index (κ3) is 3.47. The number of anilines is 1. The summed E-state index contributed by atoms with van der Waals surface area (Å²) in [5.74, 6) is -0.892. The first kappa shape index (κ1) is 19.4. The predicted molar refractivity (Wildman–Crippen MR) is 115 cm³/mol. The molecule has 0 aromatic heterocycles. The van der Waals surface area contributed by atoms with Crippen molar-refractivity contribution in [2.24, 2.45) is 0 Å². The molecule has 1 aliphatic heterocycles. The molecule has 3 aromatic rings. The van der Waals surface area contributed by atoms with E-state index in [4.69, 9.17) is 4.74 Å². The van der Waals surface area contributed by atoms with Crippen LogP contribution in [0.25, 0.3) is 21.5 Å². The van der Waals surface area contributed by atoms with E-state index in [1.807, 2.05) is 36.4 Å². The molecule has 0 fully saturated rings. The molecule has 0 saturated carbocycles. The number of benzene rings is 3. The van der Waals surface area contributed by atoms with Crippen LogP contribution in [0.3, 0.4) is 0 Å². The van der Waals surface area contributed by atoms with E-state index in [1.165, 1.54) is 12.0 Å². The van der Waals surface area contributed by atoms with Crippen molar-refractivity contribution < 1.29 is 19.4 Å². The highest BCUT2D eigenvalue weighted by atomic mass is 79.9. The van der Waals surface area contributed by atoms with Gasteiger partial charge in [-0.25, -0.2) is 4.79 Å². The molecular weight excluding hydrogens is 436 g/mol. The number of esters is 1. The number of rotatable bonds is 5. The molecule has 1 amide bonds. The number of carbonyl (C=O) groups excluding carboxylic acids is 2. The average Bonchev–Trinajstić information content (AvgIpc) is 3.04. The van der Waals surface area contributed by atoms with Crippen LogP contribution in [0, 0.1) is 0 Å². The van der Waals surface area contributed by atoms with Crippen molar-refractivity contribution in [2.45, 2.75) is 0 Å². The number of nitrogens with zero attached hydrogens (tertiary/aromatic N) is 1. The van der Waals surface area contributed by atoms with E-state index in [2.05, 4.69) is 33.4 Å². The molecule has 6 nitrogen and oxygen atoms in total. The maximum absolute atomic E-state index is 12.7. The highest BCUT2D eigenvalue weighted by Crippen LogP contribution is 2.34. The highest BCUT2D eigenvalue weighted by molar-refractivity contribution is 9.10. The number of methoxy groups -OCH3 is 1. The van der Waals surface area contributed by atoms with Crippen molar-refractivity contribution in [3.8, 4) is 0 Å². The SMILES string of the molecule is COC(=O)C1=C(Nc2ccc3cc(Br)c4ccccc4c3c2)C(=O)N(CCO)C1. The monoisotopic (exact) mass is 454 g/mol. The van der Waals surface area contributed by atoms with Crippen LogP contribution in [0.15, 0.2) is 64.3 Å². The van der Waals surface area contributed by atoms with Crippen molar-refractivity contribution >= 4 is 55.0 Å². The number of carbonyl (C=O) groups is 2. The van der Waals surface area contributed by atoms with Gasteiger partial charge in [-0.05, 0) is 39.7 Å². The van der Waals surface area contributed by atoms with Crippen molar-refractivity contribution in [2.75, 3.05) is 32.1 Å². The fraction of sp³-hybridized carbons (Fsp3) is 0.182. The van der Waals surface area contributed by atoms with E-state index < -0.39 is 5.97 Å². The Hall–Kier alpha value is -2.90. The number of hydrogen-bond donors (Lipinski definition) is 2. The van der Waals surface area contributed by atoms with E-state index in [0.717, 1.165) is 26.0 Å². The van der Waals surface area contributed by atoms with Crippen LogP contribution in [-0.2, 0) is 14.3 Å². The predicted octanol–water partition coefficient (Wildman–Crippen LogP) is 3.43. The van der Waals surface area contributed by atoms with Crippen molar-refractivity contribution in [1.29, 1.82) is 0 Å². The Morgan fingerprint density at radius 1 is 1.17 bits per heavy atom. The number of β-amino-alcohol motifs (C(OH)–C–C–N with tert-alkyl or cyclic N) is 1. The lowest BCUT2D eigenvalue weighted by Crippen LogP contribution is -2.31. The number of aliphatic hydroxyl groups excluding tert-OH is 1. The summed E-state index contributed by atoms with van der Waals surface area (Å²) in [6, 6.07) is 15.9. The zero-order valence-electron chi connectivity index (χ0n) is 15.7. The van der Waals surface area contributed by atoms with Gasteiger partial charge in [0, 0.05) is 16.7 Å². The van der Waals surface area contributed by atoms with Crippen molar-refractivity contribution in [1.82, 2.24) is 4.90 Å². The van der Waals surface area contributed by atoms with E-state index in [-0.39, 0.29) is 36.9 Å². The molecule has 0 radical (unpaired) electrons. The summed E-state index contributed by atoms with van der Waals surface area (Å²) >= 11 is 3.62. The Kier molecular flexibility index (Phi) is 5.25. The molecule has 148 valence electrons. The lowest BCUT2D eigenvalue weighted by Gasteiger charge is -2.15. The Labute approximate surface area is 175 Å². The van der Waals surface area contributed by atoms with Crippen LogP contribution in [0.5, 0.6) is 0 Å². The van der Waals surface area contributed by atoms with Gasteiger partial charge >= 0.3 is 5.97 Å². The van der Waals surface area contributed by atoms with Gasteiger partial charge < -0.3 is 20.1 Å². The Bertz CT molecular complexity index is 1170. The van der Waals surface area contributed by atoms with Gasteiger partial charge in [-0.15, -0.1) is 0 Å². The van der Waals surface area contributed by atoms with Gasteiger partial charge in [0.1, 0.15) is 5.70 Å². The quantitative estimate of drug-likeness (QED) is 0.456. The largest absolute Gasteiger partial charge is 0.466 e. The van der Waals surface area contributed by atoms with Crippen LogP contribution in [0.1, 0.15) is 0 Å². The van der Waals surface area contributed by atoms with E-state index >= 15 is 0 Å². The smallest absolute Gasteiger partial charge is 0.337 e. The van der Waals surface area contributed by atoms with Gasteiger partial charge in [-0.2, -0.15) is 0 Å². The summed E-state index contributed by atoms with van der Waals surface area (Å²) in [6.07, 6.45) is 0. The van der Waals surface area contributed by atoms with Gasteiger partial charge in [-0.3, -0.25) is 4.79 Å². The molecule has 7 heteroatoms. The molecule has 2 N–H and O–H groups in total. The first-order chi connectivity index (χ1) is 14.0. The molecule has 0 aliphatic carbocycles. The van der Waals surface area contributed by atoms with Crippen LogP contribution in [0.4, 0.5) is 5.69 Å². The van der Waals surface area contributed by atoms with Crippen LogP contribution in [-0.4, -0.2) is 48.7 Å². The molecule has 3 aromatic carbocycles. The first-order valence-electron chi connectivity index (χ1n) is 9.13. The second-order valence-corrected chi connectivity index (χ2v) is 7.61. The molecule has 29 heavy (non-hydrogen) atoms.